The Labute approximate surface area is 437 Å². The molecule has 0 fully saturated rings. The van der Waals surface area contributed by atoms with E-state index in [0.29, 0.717) is 5.69 Å². The normalized spacial score (nSPS) is 11.7. The van der Waals surface area contributed by atoms with Crippen LogP contribution in [0, 0.1) is 6.57 Å². The van der Waals surface area contributed by atoms with E-state index in [9.17, 15) is 6.57 Å². The second kappa shape index (κ2) is 17.3. The van der Waals surface area contributed by atoms with E-state index < -0.39 is 0 Å². The van der Waals surface area contributed by atoms with Crippen molar-refractivity contribution in [2.45, 2.75) is 0 Å². The zero-order valence-electron chi connectivity index (χ0n) is 41.0. The summed E-state index contributed by atoms with van der Waals surface area (Å²) in [4.78, 5) is 15.4. The standard InChI is InChI=1S/C69H43N7/c1-70-67-65(51-32-36-57-61(42-51)75-63-40-49(45-20-8-2-9-21-45)34-38-59(63)73(68(75)71-57)53-28-16-6-17-29-53)55(47-24-12-4-13-25-47)44-56(48-26-14-5-15-27-48)66(67)52-33-37-58-62(43-52)76-64-41-50(46-22-10-3-11-23-46)35-39-60(64)74(69(76)72-58)54-30-18-7-19-31-54/h2-44H. The Hall–Kier alpha value is -10.6. The summed E-state index contributed by atoms with van der Waals surface area (Å²) < 4.78 is 9.08. The number of fused-ring (bicyclic) bond motifs is 10. The average Bonchev–Trinajstić information content (AvgIpc) is 4.28. The molecule has 0 aliphatic carbocycles. The highest BCUT2D eigenvalue weighted by atomic mass is 15.2. The first-order chi connectivity index (χ1) is 37.7. The highest BCUT2D eigenvalue weighted by Gasteiger charge is 2.26. The van der Waals surface area contributed by atoms with E-state index in [1.807, 2.05) is 24.3 Å². The Morgan fingerprint density at radius 3 is 1.01 bits per heavy atom. The summed E-state index contributed by atoms with van der Waals surface area (Å²) in [6.45, 7) is 9.38. The molecule has 0 aliphatic rings. The minimum absolute atomic E-state index is 0.566. The second-order valence-electron chi connectivity index (χ2n) is 19.3. The van der Waals surface area contributed by atoms with E-state index >= 15 is 0 Å². The van der Waals surface area contributed by atoms with Crippen molar-refractivity contribution in [1.29, 1.82) is 0 Å². The topological polar surface area (TPSA) is 48.8 Å². The molecular weight excluding hydrogens is 927 g/mol. The van der Waals surface area contributed by atoms with Crippen LogP contribution in [0.15, 0.2) is 261 Å². The fourth-order valence-corrected chi connectivity index (χ4v) is 11.5. The third-order valence-electron chi connectivity index (χ3n) is 15.0. The van der Waals surface area contributed by atoms with Crippen LogP contribution in [-0.4, -0.2) is 27.9 Å². The maximum atomic E-state index is 9.38. The van der Waals surface area contributed by atoms with Crippen LogP contribution in [0.5, 0.6) is 0 Å². The quantitative estimate of drug-likeness (QED) is 0.142. The maximum absolute atomic E-state index is 9.38. The number of hydrogen-bond acceptors (Lipinski definition) is 2. The van der Waals surface area contributed by atoms with Crippen molar-refractivity contribution < 1.29 is 0 Å². The zero-order valence-corrected chi connectivity index (χ0v) is 41.0. The van der Waals surface area contributed by atoms with Crippen molar-refractivity contribution in [3.05, 3.63) is 272 Å². The summed E-state index contributed by atoms with van der Waals surface area (Å²) >= 11 is 0. The smallest absolute Gasteiger partial charge is 0.220 e. The van der Waals surface area contributed by atoms with Crippen LogP contribution in [0.3, 0.4) is 0 Å². The van der Waals surface area contributed by atoms with Crippen LogP contribution in [0.25, 0.3) is 139 Å². The number of nitrogens with zero attached hydrogens (tertiary/aromatic N) is 7. The molecule has 0 aliphatic heterocycles. The van der Waals surface area contributed by atoms with Gasteiger partial charge in [-0.05, 0) is 146 Å². The Kier molecular flexibility index (Phi) is 9.81. The van der Waals surface area contributed by atoms with Gasteiger partial charge in [-0.2, -0.15) is 0 Å². The van der Waals surface area contributed by atoms with Gasteiger partial charge in [-0.3, -0.25) is 17.9 Å². The van der Waals surface area contributed by atoms with Gasteiger partial charge in [0.2, 0.25) is 17.2 Å². The number of rotatable bonds is 8. The highest BCUT2D eigenvalue weighted by Crippen LogP contribution is 2.51. The summed E-state index contributed by atoms with van der Waals surface area (Å²) in [7, 11) is 0. The highest BCUT2D eigenvalue weighted by molar-refractivity contribution is 6.08. The van der Waals surface area contributed by atoms with Crippen molar-refractivity contribution in [1.82, 2.24) is 27.9 Å². The van der Waals surface area contributed by atoms with E-state index in [-0.39, 0.29) is 0 Å². The van der Waals surface area contributed by atoms with Crippen LogP contribution in [0.1, 0.15) is 0 Å². The molecule has 0 saturated heterocycles. The van der Waals surface area contributed by atoms with Crippen LogP contribution >= 0.6 is 0 Å². The molecule has 15 aromatic rings. The van der Waals surface area contributed by atoms with Gasteiger partial charge in [-0.25, -0.2) is 14.8 Å². The predicted molar refractivity (Wildman–Crippen MR) is 311 cm³/mol. The first-order valence-electron chi connectivity index (χ1n) is 25.5. The molecule has 0 bridgehead atoms. The summed E-state index contributed by atoms with van der Waals surface area (Å²) in [5, 5.41) is 0. The molecule has 4 heterocycles. The molecule has 15 rings (SSSR count). The zero-order chi connectivity index (χ0) is 50.3. The largest absolute Gasteiger partial charge is 0.278 e. The number of hydrogen-bond donors (Lipinski definition) is 0. The molecule has 76 heavy (non-hydrogen) atoms. The fourth-order valence-electron chi connectivity index (χ4n) is 11.5. The van der Waals surface area contributed by atoms with Gasteiger partial charge >= 0.3 is 0 Å². The van der Waals surface area contributed by atoms with Gasteiger partial charge in [-0.15, -0.1) is 0 Å². The number of imidazole rings is 4. The molecule has 7 heteroatoms. The fraction of sp³-hybridized carbons (Fsp3) is 0. The van der Waals surface area contributed by atoms with Crippen LogP contribution < -0.4 is 0 Å². The van der Waals surface area contributed by atoms with Crippen LogP contribution in [0.4, 0.5) is 5.69 Å². The number of aromatic nitrogens is 6. The van der Waals surface area contributed by atoms with Crippen molar-refractivity contribution in [3.8, 4) is 78.1 Å². The van der Waals surface area contributed by atoms with Gasteiger partial charge in [0.15, 0.2) is 0 Å². The summed E-state index contributed by atoms with van der Waals surface area (Å²) in [6, 6.07) is 91.7. The third-order valence-corrected chi connectivity index (χ3v) is 15.0. The lowest BCUT2D eigenvalue weighted by atomic mass is 9.83. The van der Waals surface area contributed by atoms with Gasteiger partial charge in [0.1, 0.15) is 0 Å². The minimum atomic E-state index is 0.566. The molecule has 0 radical (unpaired) electrons. The minimum Gasteiger partial charge on any atom is -0.278 e. The van der Waals surface area contributed by atoms with Crippen molar-refractivity contribution >= 4 is 61.4 Å². The van der Waals surface area contributed by atoms with Crippen LogP contribution in [0.2, 0.25) is 0 Å². The molecule has 0 atom stereocenters. The lowest BCUT2D eigenvalue weighted by molar-refractivity contribution is 1.11. The molecule has 0 spiro atoms. The number of benzene rings is 11. The average molecular weight is 970 g/mol. The molecule has 354 valence electrons. The molecular formula is C69H43N7. The maximum Gasteiger partial charge on any atom is 0.220 e. The van der Waals surface area contributed by atoms with Gasteiger partial charge in [0, 0.05) is 11.4 Å². The first kappa shape index (κ1) is 43.1. The summed E-state index contributed by atoms with van der Waals surface area (Å²) in [5.74, 6) is 1.63. The van der Waals surface area contributed by atoms with Gasteiger partial charge < -0.3 is 0 Å². The van der Waals surface area contributed by atoms with Gasteiger partial charge in [0.05, 0.1) is 50.7 Å². The Morgan fingerprint density at radius 1 is 0.289 bits per heavy atom. The first-order valence-corrected chi connectivity index (χ1v) is 25.5. The molecule has 0 saturated carbocycles. The molecule has 0 amide bonds. The Bertz CT molecular complexity index is 4480. The summed E-state index contributed by atoms with van der Waals surface area (Å²) in [6.07, 6.45) is 0. The van der Waals surface area contributed by atoms with Crippen molar-refractivity contribution in [2.24, 2.45) is 0 Å². The van der Waals surface area contributed by atoms with E-state index in [2.05, 4.69) is 259 Å². The SMILES string of the molecule is [C-]#[N+]c1c(-c2ccc3nc4n(-c5ccccc5)c5ccc(-c6ccccc6)cc5n4c3c2)c(-c2ccccc2)cc(-c2ccccc2)c1-c1ccc2nc3n(-c4ccccc4)c4ccc(-c5ccccc5)cc4n3c2c1. The van der Waals surface area contributed by atoms with E-state index in [0.717, 1.165) is 134 Å². The Morgan fingerprint density at radius 2 is 0.632 bits per heavy atom. The Balaban J connectivity index is 1.02. The van der Waals surface area contributed by atoms with Gasteiger partial charge in [-0.1, -0.05) is 182 Å². The molecule has 7 nitrogen and oxygen atoms in total. The third kappa shape index (κ3) is 6.75. The van der Waals surface area contributed by atoms with E-state index in [1.54, 1.807) is 0 Å². The van der Waals surface area contributed by atoms with E-state index in [1.165, 1.54) is 0 Å². The molecule has 4 aromatic heterocycles. The molecule has 0 N–H and O–H groups in total. The lowest BCUT2D eigenvalue weighted by Gasteiger charge is -2.21. The monoisotopic (exact) mass is 969 g/mol. The molecule has 11 aromatic carbocycles. The lowest BCUT2D eigenvalue weighted by Crippen LogP contribution is -1.94. The summed E-state index contributed by atoms with van der Waals surface area (Å²) in [5.41, 5.74) is 22.5. The number of para-hydroxylation sites is 2. The van der Waals surface area contributed by atoms with Crippen molar-refractivity contribution in [3.63, 3.8) is 0 Å². The van der Waals surface area contributed by atoms with Gasteiger partial charge in [0.25, 0.3) is 0 Å². The van der Waals surface area contributed by atoms with Crippen molar-refractivity contribution in [2.75, 3.05) is 0 Å². The molecule has 0 unspecified atom stereocenters. The second-order valence-corrected chi connectivity index (χ2v) is 19.3. The van der Waals surface area contributed by atoms with Crippen LogP contribution in [-0.2, 0) is 0 Å². The van der Waals surface area contributed by atoms with E-state index in [4.69, 9.17) is 9.97 Å². The predicted octanol–water partition coefficient (Wildman–Crippen LogP) is 17.7.